The number of nitrogens with zero attached hydrogens (tertiary/aromatic N) is 2. The van der Waals surface area contributed by atoms with Crippen molar-refractivity contribution < 1.29 is 0 Å². The summed E-state index contributed by atoms with van der Waals surface area (Å²) in [6.45, 7) is 0.189. The molecule has 5 nitrogen and oxygen atoms in total. The molecule has 18 heavy (non-hydrogen) atoms. The van der Waals surface area contributed by atoms with Crippen molar-refractivity contribution in [2.45, 2.75) is 6.54 Å². The molecule has 2 heterocycles. The molecule has 0 aliphatic carbocycles. The summed E-state index contributed by atoms with van der Waals surface area (Å²) in [5.41, 5.74) is 8.37. The molecule has 3 N–H and O–H groups in total. The molecule has 2 aromatic heterocycles. The van der Waals surface area contributed by atoms with Gasteiger partial charge in [0.05, 0.1) is 5.56 Å². The maximum atomic E-state index is 12.0. The van der Waals surface area contributed by atoms with Crippen LogP contribution >= 0.6 is 0 Å². The summed E-state index contributed by atoms with van der Waals surface area (Å²) in [7, 11) is 0. The average Bonchev–Trinajstić information content (AvgIpc) is 2.85. The van der Waals surface area contributed by atoms with Crippen LogP contribution in [0, 0.1) is 0 Å². The van der Waals surface area contributed by atoms with Gasteiger partial charge in [-0.3, -0.25) is 9.89 Å². The van der Waals surface area contributed by atoms with E-state index in [1.54, 1.807) is 6.20 Å². The van der Waals surface area contributed by atoms with Gasteiger partial charge in [-0.05, 0) is 5.56 Å². The van der Waals surface area contributed by atoms with Crippen LogP contribution in [0.5, 0.6) is 0 Å². The number of nitrogens with two attached hydrogens (primary N) is 1. The zero-order valence-electron chi connectivity index (χ0n) is 9.63. The molecule has 0 fully saturated rings. The Kier molecular flexibility index (Phi) is 2.46. The fourth-order valence-electron chi connectivity index (χ4n) is 1.97. The molecule has 0 spiro atoms. The van der Waals surface area contributed by atoms with Crippen LogP contribution in [0.25, 0.3) is 16.8 Å². The summed E-state index contributed by atoms with van der Waals surface area (Å²) in [6, 6.07) is 9.80. The predicted molar refractivity (Wildman–Crippen MR) is 69.1 cm³/mol. The van der Waals surface area contributed by atoms with E-state index in [4.69, 9.17) is 5.73 Å². The van der Waals surface area contributed by atoms with Crippen molar-refractivity contribution in [1.82, 2.24) is 14.6 Å². The minimum absolute atomic E-state index is 0.148. The monoisotopic (exact) mass is 240 g/mol. The normalized spacial score (nSPS) is 10.9. The fraction of sp³-hybridized carbons (Fsp3) is 0.0769. The summed E-state index contributed by atoms with van der Waals surface area (Å²) >= 11 is 0. The van der Waals surface area contributed by atoms with Crippen LogP contribution in [0.2, 0.25) is 0 Å². The van der Waals surface area contributed by atoms with E-state index in [0.717, 1.165) is 11.1 Å². The van der Waals surface area contributed by atoms with Crippen LogP contribution in [0.4, 0.5) is 0 Å². The summed E-state index contributed by atoms with van der Waals surface area (Å²) in [5, 5.41) is 2.92. The number of fused-ring (bicyclic) bond motifs is 1. The van der Waals surface area contributed by atoms with Crippen molar-refractivity contribution in [3.05, 3.63) is 58.6 Å². The Morgan fingerprint density at radius 2 is 2.06 bits per heavy atom. The van der Waals surface area contributed by atoms with Crippen LogP contribution in [-0.2, 0) is 6.54 Å². The Bertz CT molecular complexity index is 743. The predicted octanol–water partition coefficient (Wildman–Crippen LogP) is 1.15. The fourth-order valence-corrected chi connectivity index (χ4v) is 1.97. The Morgan fingerprint density at radius 3 is 2.78 bits per heavy atom. The highest BCUT2D eigenvalue weighted by atomic mass is 16.1. The van der Waals surface area contributed by atoms with Crippen molar-refractivity contribution in [2.24, 2.45) is 5.73 Å². The van der Waals surface area contributed by atoms with Crippen molar-refractivity contribution in [2.75, 3.05) is 0 Å². The lowest BCUT2D eigenvalue weighted by molar-refractivity contribution is 0.860. The second-order valence-electron chi connectivity index (χ2n) is 4.00. The number of aromatic nitrogens is 3. The number of aromatic amines is 1. The van der Waals surface area contributed by atoms with Gasteiger partial charge in [-0.2, -0.15) is 0 Å². The summed E-state index contributed by atoms with van der Waals surface area (Å²) in [5.74, 6) is 0. The van der Waals surface area contributed by atoms with Gasteiger partial charge in [-0.15, -0.1) is 0 Å². The average molecular weight is 240 g/mol. The first-order valence-electron chi connectivity index (χ1n) is 5.65. The van der Waals surface area contributed by atoms with E-state index >= 15 is 0 Å². The molecule has 5 heteroatoms. The van der Waals surface area contributed by atoms with Crippen molar-refractivity contribution >= 4 is 5.65 Å². The van der Waals surface area contributed by atoms with Crippen LogP contribution < -0.4 is 11.3 Å². The zero-order valence-corrected chi connectivity index (χ0v) is 9.63. The van der Waals surface area contributed by atoms with E-state index in [1.807, 2.05) is 30.3 Å². The molecule has 0 saturated carbocycles. The quantitative estimate of drug-likeness (QED) is 0.705. The smallest absolute Gasteiger partial charge is 0.277 e. The van der Waals surface area contributed by atoms with E-state index in [2.05, 4.69) is 10.1 Å². The summed E-state index contributed by atoms with van der Waals surface area (Å²) in [6.07, 6.45) is 3.32. The maximum absolute atomic E-state index is 12.0. The first-order valence-corrected chi connectivity index (χ1v) is 5.65. The van der Waals surface area contributed by atoms with Gasteiger partial charge in [0.25, 0.3) is 5.56 Å². The van der Waals surface area contributed by atoms with Gasteiger partial charge in [0.1, 0.15) is 0 Å². The molecule has 0 unspecified atom stereocenters. The highest BCUT2D eigenvalue weighted by Gasteiger charge is 2.10. The third-order valence-corrected chi connectivity index (χ3v) is 2.92. The number of nitrogens with one attached hydrogen (secondary N) is 1. The minimum Gasteiger partial charge on any atom is -0.326 e. The standard InChI is InChI=1S/C13H12N4O/c14-6-10-7-15-12-11(8-16-17(12)13(10)18)9-4-2-1-3-5-9/h1-5,7-8,16H,6,14H2. The van der Waals surface area contributed by atoms with E-state index in [9.17, 15) is 4.79 Å². The first kappa shape index (κ1) is 10.7. The SMILES string of the molecule is NCc1cnc2c(-c3ccccc3)c[nH]n2c1=O. The molecule has 90 valence electrons. The Morgan fingerprint density at radius 1 is 1.28 bits per heavy atom. The second-order valence-corrected chi connectivity index (χ2v) is 4.00. The number of H-pyrrole nitrogens is 1. The van der Waals surface area contributed by atoms with E-state index < -0.39 is 0 Å². The third kappa shape index (κ3) is 1.53. The molecule has 1 aromatic carbocycles. The van der Waals surface area contributed by atoms with Gasteiger partial charge in [-0.1, -0.05) is 30.3 Å². The third-order valence-electron chi connectivity index (χ3n) is 2.92. The molecule has 0 atom stereocenters. The van der Waals surface area contributed by atoms with Gasteiger partial charge in [-0.25, -0.2) is 9.50 Å². The maximum Gasteiger partial charge on any atom is 0.277 e. The van der Waals surface area contributed by atoms with Gasteiger partial charge in [0.15, 0.2) is 5.65 Å². The summed E-state index contributed by atoms with van der Waals surface area (Å²) < 4.78 is 1.42. The topological polar surface area (TPSA) is 76.2 Å². The molecular weight excluding hydrogens is 228 g/mol. The molecule has 0 bridgehead atoms. The molecular formula is C13H12N4O. The number of rotatable bonds is 2. The zero-order chi connectivity index (χ0) is 12.5. The van der Waals surface area contributed by atoms with E-state index in [0.29, 0.717) is 11.2 Å². The van der Waals surface area contributed by atoms with E-state index in [-0.39, 0.29) is 12.1 Å². The van der Waals surface area contributed by atoms with Gasteiger partial charge in [0, 0.05) is 24.5 Å². The number of benzene rings is 1. The Labute approximate surface area is 103 Å². The molecule has 0 radical (unpaired) electrons. The van der Waals surface area contributed by atoms with Crippen LogP contribution in [0.1, 0.15) is 5.56 Å². The lowest BCUT2D eigenvalue weighted by Gasteiger charge is -1.99. The van der Waals surface area contributed by atoms with Crippen LogP contribution in [0.3, 0.4) is 0 Å². The second kappa shape index (κ2) is 4.12. The summed E-state index contributed by atoms with van der Waals surface area (Å²) in [4.78, 5) is 16.3. The van der Waals surface area contributed by atoms with Gasteiger partial charge >= 0.3 is 0 Å². The molecule has 3 aromatic rings. The van der Waals surface area contributed by atoms with E-state index in [1.165, 1.54) is 10.7 Å². The van der Waals surface area contributed by atoms with Crippen molar-refractivity contribution in [3.8, 4) is 11.1 Å². The minimum atomic E-state index is -0.148. The largest absolute Gasteiger partial charge is 0.326 e. The first-order chi connectivity index (χ1) is 8.81. The molecule has 0 amide bonds. The molecule has 3 rings (SSSR count). The lowest BCUT2D eigenvalue weighted by atomic mass is 10.1. The van der Waals surface area contributed by atoms with Gasteiger partial charge < -0.3 is 5.73 Å². The lowest BCUT2D eigenvalue weighted by Crippen LogP contribution is -2.21. The van der Waals surface area contributed by atoms with Crippen LogP contribution in [-0.4, -0.2) is 14.6 Å². The Hall–Kier alpha value is -2.40. The van der Waals surface area contributed by atoms with Crippen molar-refractivity contribution in [1.29, 1.82) is 0 Å². The highest BCUT2D eigenvalue weighted by Crippen LogP contribution is 2.21. The Balaban J connectivity index is 2.29. The highest BCUT2D eigenvalue weighted by molar-refractivity contribution is 5.76. The van der Waals surface area contributed by atoms with Crippen LogP contribution in [0.15, 0.2) is 47.5 Å². The van der Waals surface area contributed by atoms with Crippen molar-refractivity contribution in [3.63, 3.8) is 0 Å². The molecule has 0 aliphatic rings. The molecule has 0 aliphatic heterocycles. The van der Waals surface area contributed by atoms with Gasteiger partial charge in [0.2, 0.25) is 0 Å². The molecule has 0 saturated heterocycles. The number of hydrogen-bond acceptors (Lipinski definition) is 3. The number of hydrogen-bond donors (Lipinski definition) is 2.